The highest BCUT2D eigenvalue weighted by molar-refractivity contribution is 7.13. The number of amides is 4. The van der Waals surface area contributed by atoms with Gasteiger partial charge in [-0.2, -0.15) is 5.26 Å². The molecule has 374 valence electrons. The van der Waals surface area contributed by atoms with Gasteiger partial charge in [0.2, 0.25) is 17.7 Å². The summed E-state index contributed by atoms with van der Waals surface area (Å²) in [5, 5.41) is 35.9. The van der Waals surface area contributed by atoms with E-state index in [4.69, 9.17) is 16.3 Å². The lowest BCUT2D eigenvalue weighted by Crippen LogP contribution is -2.74. The normalized spacial score (nSPS) is 19.9. The highest BCUT2D eigenvalue weighted by atomic mass is 35.5. The van der Waals surface area contributed by atoms with Crippen molar-refractivity contribution in [1.29, 1.82) is 5.26 Å². The van der Waals surface area contributed by atoms with Crippen LogP contribution in [-0.4, -0.2) is 95.1 Å². The molecule has 1 saturated heterocycles. The number of carbonyl (C=O) groups excluding carboxylic acids is 4. The molecule has 5 aromatic rings. The van der Waals surface area contributed by atoms with Crippen molar-refractivity contribution >= 4 is 52.3 Å². The Hall–Kier alpha value is -6.31. The zero-order valence-electron chi connectivity index (χ0n) is 41.9. The Morgan fingerprint density at radius 1 is 0.915 bits per heavy atom. The summed E-state index contributed by atoms with van der Waals surface area (Å²) in [5.41, 5.74) is 7.05. The van der Waals surface area contributed by atoms with Gasteiger partial charge >= 0.3 is 0 Å². The van der Waals surface area contributed by atoms with Crippen LogP contribution in [0.2, 0.25) is 5.02 Å². The Kier molecular flexibility index (Phi) is 16.0. The van der Waals surface area contributed by atoms with Crippen molar-refractivity contribution < 1.29 is 29.0 Å². The smallest absolute Gasteiger partial charge is 0.251 e. The van der Waals surface area contributed by atoms with Crippen LogP contribution < -0.4 is 31.3 Å². The van der Waals surface area contributed by atoms with Crippen LogP contribution in [0, 0.1) is 34.5 Å². The van der Waals surface area contributed by atoms with E-state index in [9.17, 15) is 29.5 Å². The maximum Gasteiger partial charge on any atom is 0.251 e. The number of anilines is 1. The summed E-state index contributed by atoms with van der Waals surface area (Å²) in [6.07, 6.45) is -0.986. The van der Waals surface area contributed by atoms with Crippen molar-refractivity contribution in [3.8, 4) is 33.4 Å². The number of halogens is 1. The van der Waals surface area contributed by atoms with Gasteiger partial charge in [0, 0.05) is 60.2 Å². The maximum absolute atomic E-state index is 14.1. The van der Waals surface area contributed by atoms with E-state index in [1.54, 1.807) is 29.5 Å². The Bertz CT molecular complexity index is 2750. The lowest BCUT2D eigenvalue weighted by molar-refractivity contribution is -0.164. The van der Waals surface area contributed by atoms with Gasteiger partial charge in [-0.3, -0.25) is 19.2 Å². The number of aliphatic hydroxyl groups is 1. The first-order chi connectivity index (χ1) is 33.6. The fourth-order valence-corrected chi connectivity index (χ4v) is 11.2. The third-order valence-electron chi connectivity index (χ3n) is 13.8. The highest BCUT2D eigenvalue weighted by Gasteiger charge is 2.64. The molecule has 1 saturated carbocycles. The second-order valence-corrected chi connectivity index (χ2v) is 22.2. The monoisotopic (exact) mass is 1000 g/mol. The second kappa shape index (κ2) is 21.6. The number of nitrogens with one attached hydrogen (secondary N) is 5. The number of nitrogens with zero attached hydrogens (tertiary/aromatic N) is 3. The first-order valence-corrected chi connectivity index (χ1v) is 25.2. The van der Waals surface area contributed by atoms with Gasteiger partial charge in [-0.1, -0.05) is 109 Å². The zero-order chi connectivity index (χ0) is 51.4. The molecule has 1 aliphatic heterocycles. The molecule has 14 nitrogen and oxygen atoms in total. The molecule has 4 aromatic carbocycles. The molecule has 4 atom stereocenters. The number of carbonyl (C=O) groups is 4. The standard InChI is InChI=1S/C55H65ClN8O6S/c1-32(34-10-14-37(15-11-34)46-33(2)60-31-71-46)61-49(68)44-26-41(65)30-64(44)50(69)47(53(3,4)5)62-45(66)29-58-24-25-59-40-21-18-36(19-22-40)35-12-16-38(17-13-35)48(67)63-51-54(6,7)52(55(51,8)9)70-42-23-20-39(28-57)43(56)27-42/h10-23,27,31-32,41,44,47,51-52,58-59,65H,24-26,29-30H2,1-9H3,(H,61,68)(H,62,66)(H,63,67)/t32-,41+,44-,47+,51?,52?/m0/s1. The minimum Gasteiger partial charge on any atom is -0.489 e. The molecule has 1 aliphatic carbocycles. The SMILES string of the molecule is Cc1ncsc1-c1ccc([C@H](C)NC(=O)[C@@H]2C[C@@H](O)CN2C(=O)[C@@H](NC(=O)CNCCNc2ccc(-c3ccc(C(=O)NC4C(C)(C)C(Oc5ccc(C#N)c(Cl)c5)C4(C)C)cc3)cc2)C(C)(C)C)cc1. The van der Waals surface area contributed by atoms with E-state index < -0.39 is 29.5 Å². The molecular formula is C55H65ClN8O6S. The molecule has 0 bridgehead atoms. The number of aromatic nitrogens is 1. The molecule has 0 radical (unpaired) electrons. The Morgan fingerprint density at radius 3 is 2.14 bits per heavy atom. The molecule has 0 spiro atoms. The number of rotatable bonds is 17. The van der Waals surface area contributed by atoms with Crippen LogP contribution in [0.4, 0.5) is 5.69 Å². The van der Waals surface area contributed by atoms with Gasteiger partial charge in [0.15, 0.2) is 0 Å². The average Bonchev–Trinajstić information content (AvgIpc) is 3.96. The Balaban J connectivity index is 0.847. The van der Waals surface area contributed by atoms with Crippen LogP contribution in [-0.2, 0) is 14.4 Å². The summed E-state index contributed by atoms with van der Waals surface area (Å²) in [6, 6.07) is 28.2. The first kappa shape index (κ1) is 52.5. The van der Waals surface area contributed by atoms with Crippen molar-refractivity contribution in [1.82, 2.24) is 31.2 Å². The summed E-state index contributed by atoms with van der Waals surface area (Å²) < 4.78 is 6.37. The summed E-state index contributed by atoms with van der Waals surface area (Å²) in [7, 11) is 0. The lowest BCUT2D eigenvalue weighted by Gasteiger charge is -2.63. The van der Waals surface area contributed by atoms with Crippen molar-refractivity contribution in [3.63, 3.8) is 0 Å². The van der Waals surface area contributed by atoms with Gasteiger partial charge in [-0.25, -0.2) is 4.98 Å². The fraction of sp³-hybridized carbons (Fsp3) is 0.418. The highest BCUT2D eigenvalue weighted by Crippen LogP contribution is 2.55. The average molecular weight is 1000 g/mol. The quantitative estimate of drug-likeness (QED) is 0.0493. The van der Waals surface area contributed by atoms with Crippen LogP contribution in [0.15, 0.2) is 96.5 Å². The number of benzene rings is 4. The number of hydrogen-bond donors (Lipinski definition) is 6. The number of β-amino-alcohol motifs (C(OH)–C–C–N with tert-alkyl or cyclic N) is 1. The number of nitriles is 1. The van der Waals surface area contributed by atoms with Gasteiger partial charge in [0.25, 0.3) is 5.91 Å². The number of aryl methyl sites for hydroxylation is 1. The van der Waals surface area contributed by atoms with E-state index in [1.807, 2.05) is 113 Å². The second-order valence-electron chi connectivity index (χ2n) is 20.9. The molecule has 0 unspecified atom stereocenters. The molecule has 16 heteroatoms. The van der Waals surface area contributed by atoms with Gasteiger partial charge < -0.3 is 41.3 Å². The Morgan fingerprint density at radius 2 is 1.55 bits per heavy atom. The lowest BCUT2D eigenvalue weighted by atomic mass is 9.49. The molecule has 71 heavy (non-hydrogen) atoms. The largest absolute Gasteiger partial charge is 0.489 e. The maximum atomic E-state index is 14.1. The van der Waals surface area contributed by atoms with E-state index >= 15 is 0 Å². The third kappa shape index (κ3) is 11.9. The number of aliphatic hydroxyl groups excluding tert-OH is 1. The van der Waals surface area contributed by atoms with Crippen LogP contribution in [0.1, 0.15) is 95.0 Å². The van der Waals surface area contributed by atoms with E-state index in [0.717, 1.165) is 38.5 Å². The minimum atomic E-state index is -0.938. The van der Waals surface area contributed by atoms with Crippen LogP contribution in [0.5, 0.6) is 5.75 Å². The molecular weight excluding hydrogens is 936 g/mol. The zero-order valence-corrected chi connectivity index (χ0v) is 43.4. The van der Waals surface area contributed by atoms with E-state index in [0.29, 0.717) is 35.0 Å². The van der Waals surface area contributed by atoms with Gasteiger partial charge in [0.1, 0.15) is 30.0 Å². The van der Waals surface area contributed by atoms with Crippen LogP contribution in [0.25, 0.3) is 21.6 Å². The van der Waals surface area contributed by atoms with Crippen molar-refractivity contribution in [3.05, 3.63) is 124 Å². The predicted molar refractivity (Wildman–Crippen MR) is 279 cm³/mol. The number of ether oxygens (including phenoxy) is 1. The number of hydrogen-bond acceptors (Lipinski definition) is 11. The molecule has 2 aliphatic rings. The number of likely N-dealkylation sites (tertiary alicyclic amines) is 1. The topological polar surface area (TPSA) is 198 Å². The van der Waals surface area contributed by atoms with Gasteiger partial charge in [0.05, 0.1) is 45.4 Å². The van der Waals surface area contributed by atoms with Crippen molar-refractivity contribution in [2.45, 2.75) is 105 Å². The van der Waals surface area contributed by atoms with Crippen LogP contribution >= 0.6 is 22.9 Å². The third-order valence-corrected chi connectivity index (χ3v) is 15.1. The molecule has 2 heterocycles. The fourth-order valence-electron chi connectivity index (χ4n) is 10.1. The van der Waals surface area contributed by atoms with Gasteiger partial charge in [-0.05, 0) is 77.9 Å². The van der Waals surface area contributed by atoms with E-state index in [1.165, 1.54) is 4.90 Å². The number of thiazole rings is 1. The molecule has 6 N–H and O–H groups in total. The summed E-state index contributed by atoms with van der Waals surface area (Å²) >= 11 is 7.83. The summed E-state index contributed by atoms with van der Waals surface area (Å²) in [6.45, 7) is 18.7. The molecule has 4 amide bonds. The van der Waals surface area contributed by atoms with E-state index in [-0.39, 0.29) is 66.2 Å². The Labute approximate surface area is 425 Å². The van der Waals surface area contributed by atoms with Crippen molar-refractivity contribution in [2.24, 2.45) is 16.2 Å². The summed E-state index contributed by atoms with van der Waals surface area (Å²) in [4.78, 5) is 61.4. The molecule has 2 fully saturated rings. The van der Waals surface area contributed by atoms with Crippen LogP contribution in [0.3, 0.4) is 0 Å². The van der Waals surface area contributed by atoms with Crippen molar-refractivity contribution in [2.75, 3.05) is 31.5 Å². The van der Waals surface area contributed by atoms with E-state index in [2.05, 4.69) is 65.3 Å². The molecule has 7 rings (SSSR count). The minimum absolute atomic E-state index is 0.0102. The molecule has 1 aromatic heterocycles. The predicted octanol–water partition coefficient (Wildman–Crippen LogP) is 8.29. The van der Waals surface area contributed by atoms with Gasteiger partial charge in [-0.15, -0.1) is 11.3 Å². The first-order valence-electron chi connectivity index (χ1n) is 24.0. The summed E-state index contributed by atoms with van der Waals surface area (Å²) in [5.74, 6) is -0.733.